The summed E-state index contributed by atoms with van der Waals surface area (Å²) in [7, 11) is 4.10. The quantitative estimate of drug-likeness (QED) is 0.800. The van der Waals surface area contributed by atoms with Crippen LogP contribution in [0.25, 0.3) is 0 Å². The summed E-state index contributed by atoms with van der Waals surface area (Å²) in [6.45, 7) is 2.76. The Morgan fingerprint density at radius 2 is 1.81 bits per heavy atom. The molecule has 0 aromatic heterocycles. The topological polar surface area (TPSA) is 35.5 Å². The predicted molar refractivity (Wildman–Crippen MR) is 73.8 cm³/mol. The standard InChI is InChI=1S/C11H16Br2N2O/c1-15(2)4-3-14-7-8-5-9(12)11(16)10(13)6-8/h5-6,14,16H,3-4,7H2,1-2H3. The molecule has 0 bridgehead atoms. The highest BCUT2D eigenvalue weighted by atomic mass is 79.9. The first-order chi connectivity index (χ1) is 7.50. The molecule has 0 amide bonds. The van der Waals surface area contributed by atoms with E-state index < -0.39 is 0 Å². The van der Waals surface area contributed by atoms with Crippen LogP contribution in [-0.4, -0.2) is 37.2 Å². The average molecular weight is 352 g/mol. The fraction of sp³-hybridized carbons (Fsp3) is 0.455. The second-order valence-corrected chi connectivity index (χ2v) is 5.60. The molecule has 1 rings (SSSR count). The van der Waals surface area contributed by atoms with Crippen LogP contribution in [0.2, 0.25) is 0 Å². The molecule has 0 aliphatic rings. The van der Waals surface area contributed by atoms with Gasteiger partial charge in [0, 0.05) is 19.6 Å². The second kappa shape index (κ2) is 6.59. The van der Waals surface area contributed by atoms with Gasteiger partial charge in [-0.15, -0.1) is 0 Å². The molecule has 16 heavy (non-hydrogen) atoms. The highest BCUT2D eigenvalue weighted by molar-refractivity contribution is 9.11. The fourth-order valence-electron chi connectivity index (χ4n) is 1.26. The van der Waals surface area contributed by atoms with Crippen LogP contribution in [0, 0.1) is 0 Å². The lowest BCUT2D eigenvalue weighted by Gasteiger charge is -2.11. The largest absolute Gasteiger partial charge is 0.506 e. The van der Waals surface area contributed by atoms with Gasteiger partial charge in [0.15, 0.2) is 0 Å². The first-order valence-electron chi connectivity index (χ1n) is 5.03. The molecule has 0 radical (unpaired) electrons. The highest BCUT2D eigenvalue weighted by Gasteiger charge is 2.05. The number of hydrogen-bond donors (Lipinski definition) is 2. The molecule has 1 aromatic rings. The smallest absolute Gasteiger partial charge is 0.143 e. The maximum atomic E-state index is 9.55. The van der Waals surface area contributed by atoms with Crippen molar-refractivity contribution in [1.82, 2.24) is 10.2 Å². The summed E-state index contributed by atoms with van der Waals surface area (Å²) >= 11 is 6.63. The molecule has 0 atom stereocenters. The van der Waals surface area contributed by atoms with Crippen molar-refractivity contribution in [3.8, 4) is 5.75 Å². The summed E-state index contributed by atoms with van der Waals surface area (Å²) in [5, 5.41) is 12.9. The Morgan fingerprint density at radius 1 is 1.25 bits per heavy atom. The van der Waals surface area contributed by atoms with Crippen molar-refractivity contribution in [2.24, 2.45) is 0 Å². The third-order valence-electron chi connectivity index (χ3n) is 2.14. The molecule has 1 aromatic carbocycles. The summed E-state index contributed by atoms with van der Waals surface area (Å²) in [5.74, 6) is 0.247. The molecule has 0 fully saturated rings. The van der Waals surface area contributed by atoms with E-state index in [1.54, 1.807) is 0 Å². The first kappa shape index (κ1) is 14.0. The van der Waals surface area contributed by atoms with Gasteiger partial charge in [0.05, 0.1) is 8.95 Å². The van der Waals surface area contributed by atoms with Crippen molar-refractivity contribution < 1.29 is 5.11 Å². The van der Waals surface area contributed by atoms with E-state index >= 15 is 0 Å². The van der Waals surface area contributed by atoms with Gasteiger partial charge in [-0.3, -0.25) is 0 Å². The van der Waals surface area contributed by atoms with Crippen LogP contribution in [0.15, 0.2) is 21.1 Å². The van der Waals surface area contributed by atoms with E-state index in [1.165, 1.54) is 0 Å². The van der Waals surface area contributed by atoms with Gasteiger partial charge < -0.3 is 15.3 Å². The summed E-state index contributed by atoms with van der Waals surface area (Å²) < 4.78 is 1.43. The number of rotatable bonds is 5. The highest BCUT2D eigenvalue weighted by Crippen LogP contribution is 2.33. The van der Waals surface area contributed by atoms with Crippen LogP contribution in [0.1, 0.15) is 5.56 Å². The number of phenolic OH excluding ortho intramolecular Hbond substituents is 1. The lowest BCUT2D eigenvalue weighted by Crippen LogP contribution is -2.26. The van der Waals surface area contributed by atoms with Crippen molar-refractivity contribution in [3.63, 3.8) is 0 Å². The van der Waals surface area contributed by atoms with E-state index in [0.29, 0.717) is 8.95 Å². The molecule has 0 saturated heterocycles. The van der Waals surface area contributed by atoms with Crippen LogP contribution in [0.3, 0.4) is 0 Å². The van der Waals surface area contributed by atoms with E-state index in [0.717, 1.165) is 25.2 Å². The fourth-order valence-corrected chi connectivity index (χ4v) is 2.54. The van der Waals surface area contributed by atoms with Crippen molar-refractivity contribution in [1.29, 1.82) is 0 Å². The molecule has 0 heterocycles. The minimum Gasteiger partial charge on any atom is -0.506 e. The Balaban J connectivity index is 2.49. The monoisotopic (exact) mass is 350 g/mol. The van der Waals surface area contributed by atoms with E-state index in [1.807, 2.05) is 12.1 Å². The Hall–Kier alpha value is -0.100. The number of hydrogen-bond acceptors (Lipinski definition) is 3. The number of phenols is 1. The van der Waals surface area contributed by atoms with Gasteiger partial charge in [0.1, 0.15) is 5.75 Å². The van der Waals surface area contributed by atoms with Crippen LogP contribution >= 0.6 is 31.9 Å². The maximum absolute atomic E-state index is 9.55. The molecule has 5 heteroatoms. The number of halogens is 2. The third-order valence-corrected chi connectivity index (χ3v) is 3.35. The van der Waals surface area contributed by atoms with E-state index in [2.05, 4.69) is 56.2 Å². The number of nitrogens with zero attached hydrogens (tertiary/aromatic N) is 1. The van der Waals surface area contributed by atoms with Crippen molar-refractivity contribution in [2.75, 3.05) is 27.2 Å². The van der Waals surface area contributed by atoms with Gasteiger partial charge >= 0.3 is 0 Å². The van der Waals surface area contributed by atoms with Crippen LogP contribution in [0.5, 0.6) is 5.75 Å². The summed E-state index contributed by atoms with van der Waals surface area (Å²) in [4.78, 5) is 2.13. The lowest BCUT2D eigenvalue weighted by molar-refractivity contribution is 0.400. The minimum absolute atomic E-state index is 0.247. The van der Waals surface area contributed by atoms with Gasteiger partial charge in [-0.2, -0.15) is 0 Å². The molecular weight excluding hydrogens is 336 g/mol. The second-order valence-electron chi connectivity index (χ2n) is 3.89. The van der Waals surface area contributed by atoms with E-state index in [4.69, 9.17) is 0 Å². The van der Waals surface area contributed by atoms with Crippen LogP contribution in [-0.2, 0) is 6.54 Å². The van der Waals surface area contributed by atoms with E-state index in [9.17, 15) is 5.11 Å². The SMILES string of the molecule is CN(C)CCNCc1cc(Br)c(O)c(Br)c1. The molecule has 0 aliphatic carbocycles. The normalized spacial score (nSPS) is 11.1. The Kier molecular flexibility index (Phi) is 5.75. The predicted octanol–water partition coefficient (Wildman–Crippen LogP) is 2.57. The van der Waals surface area contributed by atoms with Crippen molar-refractivity contribution in [3.05, 3.63) is 26.6 Å². The minimum atomic E-state index is 0.247. The Labute approximate surface area is 113 Å². The molecule has 0 saturated carbocycles. The molecule has 0 aliphatic heterocycles. The number of aromatic hydroxyl groups is 1. The average Bonchev–Trinajstić information content (AvgIpc) is 2.20. The van der Waals surface area contributed by atoms with Gasteiger partial charge in [-0.25, -0.2) is 0 Å². The molecular formula is C11H16Br2N2O. The Bertz CT molecular complexity index is 333. The Morgan fingerprint density at radius 3 is 2.31 bits per heavy atom. The zero-order chi connectivity index (χ0) is 12.1. The summed E-state index contributed by atoms with van der Waals surface area (Å²) in [6, 6.07) is 3.84. The van der Waals surface area contributed by atoms with E-state index in [-0.39, 0.29) is 5.75 Å². The molecule has 0 unspecified atom stereocenters. The van der Waals surface area contributed by atoms with Gasteiger partial charge in [0.25, 0.3) is 0 Å². The van der Waals surface area contributed by atoms with Gasteiger partial charge in [0.2, 0.25) is 0 Å². The van der Waals surface area contributed by atoms with Crippen LogP contribution < -0.4 is 5.32 Å². The first-order valence-corrected chi connectivity index (χ1v) is 6.61. The lowest BCUT2D eigenvalue weighted by atomic mass is 10.2. The summed E-state index contributed by atoms with van der Waals surface area (Å²) in [5.41, 5.74) is 1.13. The zero-order valence-corrected chi connectivity index (χ0v) is 12.6. The van der Waals surface area contributed by atoms with Gasteiger partial charge in [-0.05, 0) is 63.7 Å². The summed E-state index contributed by atoms with van der Waals surface area (Å²) in [6.07, 6.45) is 0. The third kappa shape index (κ3) is 4.41. The van der Waals surface area contributed by atoms with Gasteiger partial charge in [-0.1, -0.05) is 0 Å². The van der Waals surface area contributed by atoms with Crippen molar-refractivity contribution in [2.45, 2.75) is 6.54 Å². The van der Waals surface area contributed by atoms with Crippen molar-refractivity contribution >= 4 is 31.9 Å². The zero-order valence-electron chi connectivity index (χ0n) is 9.43. The molecule has 90 valence electrons. The number of likely N-dealkylation sites (N-methyl/N-ethyl adjacent to an activating group) is 1. The molecule has 3 nitrogen and oxygen atoms in total. The molecule has 2 N–H and O–H groups in total. The number of benzene rings is 1. The van der Waals surface area contributed by atoms with Crippen LogP contribution in [0.4, 0.5) is 0 Å². The number of nitrogens with one attached hydrogen (secondary N) is 1. The molecule has 0 spiro atoms. The maximum Gasteiger partial charge on any atom is 0.143 e.